The molecule has 0 aliphatic rings. The Hall–Kier alpha value is -1.30. The van der Waals surface area contributed by atoms with Gasteiger partial charge in [-0.25, -0.2) is 4.79 Å². The summed E-state index contributed by atoms with van der Waals surface area (Å²) in [7, 11) is 1.63. The van der Waals surface area contributed by atoms with E-state index < -0.39 is 11.7 Å². The van der Waals surface area contributed by atoms with Gasteiger partial charge in [0.15, 0.2) is 0 Å². The summed E-state index contributed by atoms with van der Waals surface area (Å²) in [5, 5.41) is 2.51. The third kappa shape index (κ3) is 4.22. The predicted molar refractivity (Wildman–Crippen MR) is 69.2 cm³/mol. The van der Waals surface area contributed by atoms with Crippen molar-refractivity contribution in [2.75, 3.05) is 5.32 Å². The molecule has 0 saturated heterocycles. The summed E-state index contributed by atoms with van der Waals surface area (Å²) in [5.74, 6) is 0. The molecule has 0 aliphatic heterocycles. The molecule has 5 nitrogen and oxygen atoms in total. The van der Waals surface area contributed by atoms with Gasteiger partial charge in [-0.2, -0.15) is 0 Å². The number of aromatic nitrogens is 1. The van der Waals surface area contributed by atoms with Crippen LogP contribution in [0.2, 0.25) is 0 Å². The van der Waals surface area contributed by atoms with Crippen LogP contribution < -0.4 is 10.9 Å². The largest absolute Gasteiger partial charge is 0.444 e. The van der Waals surface area contributed by atoms with Crippen molar-refractivity contribution in [3.8, 4) is 0 Å². The number of pyridine rings is 1. The fourth-order valence-electron chi connectivity index (χ4n) is 1.11. The zero-order chi connectivity index (χ0) is 13.2. The van der Waals surface area contributed by atoms with Gasteiger partial charge in [-0.15, -0.1) is 0 Å². The molecule has 1 aromatic rings. The van der Waals surface area contributed by atoms with E-state index in [1.807, 2.05) is 0 Å². The lowest BCUT2D eigenvalue weighted by molar-refractivity contribution is 0.0636. The number of halogens is 1. The van der Waals surface area contributed by atoms with Gasteiger partial charge in [0, 0.05) is 19.3 Å². The highest BCUT2D eigenvalue weighted by Crippen LogP contribution is 2.20. The average molecular weight is 303 g/mol. The van der Waals surface area contributed by atoms with Crippen LogP contribution in [-0.2, 0) is 11.8 Å². The predicted octanol–water partition coefficient (Wildman–Crippen LogP) is 2.49. The van der Waals surface area contributed by atoms with Crippen LogP contribution in [0.15, 0.2) is 21.5 Å². The Morgan fingerprint density at radius 2 is 2.06 bits per heavy atom. The van der Waals surface area contributed by atoms with Crippen molar-refractivity contribution >= 4 is 27.7 Å². The number of carbonyl (C=O) groups is 1. The summed E-state index contributed by atoms with van der Waals surface area (Å²) < 4.78 is 7.11. The standard InChI is InChI=1S/C11H15BrN2O3/c1-11(2,3)17-10(16)13-8-5-9(15)14(4)6-7(8)12/h5-6H,1-4H3,(H,13,16). The van der Waals surface area contributed by atoms with Gasteiger partial charge in [0.2, 0.25) is 0 Å². The number of anilines is 1. The molecular formula is C11H15BrN2O3. The van der Waals surface area contributed by atoms with Crippen LogP contribution in [0.4, 0.5) is 10.5 Å². The minimum absolute atomic E-state index is 0.209. The summed E-state index contributed by atoms with van der Waals surface area (Å²) in [4.78, 5) is 22.9. The lowest BCUT2D eigenvalue weighted by Crippen LogP contribution is -2.28. The van der Waals surface area contributed by atoms with Crippen LogP contribution in [0.25, 0.3) is 0 Å². The molecule has 6 heteroatoms. The molecule has 0 aliphatic carbocycles. The first-order valence-electron chi connectivity index (χ1n) is 5.05. The summed E-state index contributed by atoms with van der Waals surface area (Å²) in [6, 6.07) is 1.33. The molecule has 1 N–H and O–H groups in total. The van der Waals surface area contributed by atoms with Gasteiger partial charge in [-0.1, -0.05) is 0 Å². The van der Waals surface area contributed by atoms with Crippen molar-refractivity contribution in [2.45, 2.75) is 26.4 Å². The Kier molecular flexibility index (Phi) is 3.98. The van der Waals surface area contributed by atoms with Crippen molar-refractivity contribution in [3.63, 3.8) is 0 Å². The van der Waals surface area contributed by atoms with E-state index in [9.17, 15) is 9.59 Å². The number of ether oxygens (including phenoxy) is 1. The van der Waals surface area contributed by atoms with E-state index in [1.54, 1.807) is 34.0 Å². The van der Waals surface area contributed by atoms with Crippen molar-refractivity contribution < 1.29 is 9.53 Å². The van der Waals surface area contributed by atoms with Gasteiger partial charge in [-0.3, -0.25) is 10.1 Å². The molecule has 1 amide bonds. The van der Waals surface area contributed by atoms with Crippen LogP contribution in [-0.4, -0.2) is 16.3 Å². The number of carbonyl (C=O) groups excluding carboxylic acids is 1. The third-order valence-electron chi connectivity index (χ3n) is 1.82. The molecular weight excluding hydrogens is 288 g/mol. The number of rotatable bonds is 1. The topological polar surface area (TPSA) is 60.3 Å². The number of aryl methyl sites for hydroxylation is 1. The maximum atomic E-state index is 11.5. The Balaban J connectivity index is 2.86. The first kappa shape index (κ1) is 13.8. The molecule has 0 atom stereocenters. The molecule has 1 heterocycles. The number of amides is 1. The van der Waals surface area contributed by atoms with E-state index in [2.05, 4.69) is 21.2 Å². The molecule has 0 bridgehead atoms. The number of hydrogen-bond acceptors (Lipinski definition) is 3. The molecule has 0 unspecified atom stereocenters. The second kappa shape index (κ2) is 4.91. The maximum absolute atomic E-state index is 11.5. The van der Waals surface area contributed by atoms with E-state index in [1.165, 1.54) is 10.6 Å². The molecule has 1 rings (SSSR count). The fourth-order valence-corrected chi connectivity index (χ4v) is 1.63. The van der Waals surface area contributed by atoms with E-state index in [0.717, 1.165) is 0 Å². The summed E-state index contributed by atoms with van der Waals surface area (Å²) in [5.41, 5.74) is -0.391. The fraction of sp³-hybridized carbons (Fsp3) is 0.455. The van der Waals surface area contributed by atoms with Gasteiger partial charge >= 0.3 is 6.09 Å². The molecule has 94 valence electrons. The van der Waals surface area contributed by atoms with Gasteiger partial charge in [0.1, 0.15) is 5.60 Å². The van der Waals surface area contributed by atoms with Crippen molar-refractivity contribution in [2.24, 2.45) is 7.05 Å². The van der Waals surface area contributed by atoms with Crippen molar-refractivity contribution in [1.29, 1.82) is 0 Å². The lowest BCUT2D eigenvalue weighted by atomic mass is 10.2. The van der Waals surface area contributed by atoms with Gasteiger partial charge < -0.3 is 9.30 Å². The first-order valence-corrected chi connectivity index (χ1v) is 5.84. The van der Waals surface area contributed by atoms with Crippen LogP contribution in [0.1, 0.15) is 20.8 Å². The zero-order valence-electron chi connectivity index (χ0n) is 10.2. The van der Waals surface area contributed by atoms with E-state index in [4.69, 9.17) is 4.74 Å². The molecule has 0 radical (unpaired) electrons. The van der Waals surface area contributed by atoms with E-state index >= 15 is 0 Å². The Labute approximate surface area is 108 Å². The smallest absolute Gasteiger partial charge is 0.412 e. The quantitative estimate of drug-likeness (QED) is 0.867. The minimum Gasteiger partial charge on any atom is -0.444 e. The first-order chi connectivity index (χ1) is 7.69. The van der Waals surface area contributed by atoms with Crippen molar-refractivity contribution in [1.82, 2.24) is 4.57 Å². The SMILES string of the molecule is Cn1cc(Br)c(NC(=O)OC(C)(C)C)cc1=O. The second-order valence-electron chi connectivity index (χ2n) is 4.61. The number of nitrogens with one attached hydrogen (secondary N) is 1. The normalized spacial score (nSPS) is 11.1. The molecule has 0 aromatic carbocycles. The minimum atomic E-state index is -0.591. The van der Waals surface area contributed by atoms with E-state index in [-0.39, 0.29) is 5.56 Å². The summed E-state index contributed by atoms with van der Waals surface area (Å²) in [6.07, 6.45) is 0.987. The van der Waals surface area contributed by atoms with Crippen LogP contribution in [0, 0.1) is 0 Å². The maximum Gasteiger partial charge on any atom is 0.412 e. The van der Waals surface area contributed by atoms with Gasteiger partial charge in [0.25, 0.3) is 5.56 Å². The highest BCUT2D eigenvalue weighted by Gasteiger charge is 2.17. The van der Waals surface area contributed by atoms with Gasteiger partial charge in [-0.05, 0) is 36.7 Å². The van der Waals surface area contributed by atoms with Crippen LogP contribution >= 0.6 is 15.9 Å². The van der Waals surface area contributed by atoms with Gasteiger partial charge in [0.05, 0.1) is 10.2 Å². The summed E-state index contributed by atoms with van der Waals surface area (Å²) >= 11 is 3.26. The lowest BCUT2D eigenvalue weighted by Gasteiger charge is -2.20. The zero-order valence-corrected chi connectivity index (χ0v) is 11.8. The van der Waals surface area contributed by atoms with Crippen LogP contribution in [0.5, 0.6) is 0 Å². The molecule has 1 aromatic heterocycles. The Bertz CT molecular complexity index is 488. The monoisotopic (exact) mass is 302 g/mol. The number of hydrogen-bond donors (Lipinski definition) is 1. The highest BCUT2D eigenvalue weighted by molar-refractivity contribution is 9.10. The van der Waals surface area contributed by atoms with Crippen molar-refractivity contribution in [3.05, 3.63) is 27.1 Å². The molecule has 17 heavy (non-hydrogen) atoms. The molecule has 0 fully saturated rings. The van der Waals surface area contributed by atoms with Crippen LogP contribution in [0.3, 0.4) is 0 Å². The second-order valence-corrected chi connectivity index (χ2v) is 5.47. The molecule has 0 spiro atoms. The highest BCUT2D eigenvalue weighted by atomic mass is 79.9. The molecule has 0 saturated carbocycles. The third-order valence-corrected chi connectivity index (χ3v) is 2.45. The number of nitrogens with zero attached hydrogens (tertiary/aromatic N) is 1. The Morgan fingerprint density at radius 3 is 2.59 bits per heavy atom. The van der Waals surface area contributed by atoms with E-state index in [0.29, 0.717) is 10.2 Å². The Morgan fingerprint density at radius 1 is 1.47 bits per heavy atom. The summed E-state index contributed by atoms with van der Waals surface area (Å²) in [6.45, 7) is 5.31. The average Bonchev–Trinajstić information content (AvgIpc) is 2.11.